The third-order valence-corrected chi connectivity index (χ3v) is 2.93. The lowest BCUT2D eigenvalue weighted by Gasteiger charge is -2.25. The molecule has 1 rings (SSSR count). The number of carboxylic acids is 1. The van der Waals surface area contributed by atoms with Gasteiger partial charge in [0, 0.05) is 25.6 Å². The number of methoxy groups -OCH3 is 2. The second-order valence-electron chi connectivity index (χ2n) is 4.11. The van der Waals surface area contributed by atoms with E-state index in [9.17, 15) is 4.79 Å². The predicted molar refractivity (Wildman–Crippen MR) is 74.3 cm³/mol. The van der Waals surface area contributed by atoms with Crippen LogP contribution in [0.3, 0.4) is 0 Å². The van der Waals surface area contributed by atoms with Crippen molar-refractivity contribution in [3.05, 3.63) is 18.2 Å². The van der Waals surface area contributed by atoms with Gasteiger partial charge in [-0.05, 0) is 25.5 Å². The first-order valence-corrected chi connectivity index (χ1v) is 6.31. The molecule has 0 radical (unpaired) electrons. The number of ether oxygens (including phenoxy) is 2. The maximum absolute atomic E-state index is 10.6. The lowest BCUT2D eigenvalue weighted by Crippen LogP contribution is -2.25. The summed E-state index contributed by atoms with van der Waals surface area (Å²) in [5, 5.41) is 8.68. The molecule has 0 fully saturated rings. The van der Waals surface area contributed by atoms with Crippen molar-refractivity contribution in [2.75, 3.05) is 32.2 Å². The number of rotatable bonds is 8. The number of aliphatic carboxylic acids is 1. The molecule has 1 aromatic rings. The molecule has 0 heterocycles. The molecule has 0 bridgehead atoms. The predicted octanol–water partition coefficient (Wildman–Crippen LogP) is 2.39. The van der Waals surface area contributed by atoms with Gasteiger partial charge in [-0.25, -0.2) is 0 Å². The number of nitrogens with zero attached hydrogens (tertiary/aromatic N) is 1. The number of carbonyl (C=O) groups is 1. The molecule has 0 amide bonds. The van der Waals surface area contributed by atoms with Crippen LogP contribution in [-0.2, 0) is 4.79 Å². The quantitative estimate of drug-likeness (QED) is 0.783. The van der Waals surface area contributed by atoms with Gasteiger partial charge < -0.3 is 19.5 Å². The lowest BCUT2D eigenvalue weighted by molar-refractivity contribution is -0.137. The molecule has 0 spiro atoms. The van der Waals surface area contributed by atoms with Crippen LogP contribution < -0.4 is 14.4 Å². The zero-order valence-corrected chi connectivity index (χ0v) is 11.7. The minimum absolute atomic E-state index is 0.176. The van der Waals surface area contributed by atoms with E-state index >= 15 is 0 Å². The monoisotopic (exact) mass is 267 g/mol. The van der Waals surface area contributed by atoms with Crippen molar-refractivity contribution in [1.82, 2.24) is 0 Å². The van der Waals surface area contributed by atoms with Crippen LogP contribution in [0.4, 0.5) is 5.69 Å². The van der Waals surface area contributed by atoms with Crippen LogP contribution in [-0.4, -0.2) is 38.4 Å². The Morgan fingerprint density at radius 1 is 1.32 bits per heavy atom. The van der Waals surface area contributed by atoms with Crippen molar-refractivity contribution in [3.63, 3.8) is 0 Å². The van der Waals surface area contributed by atoms with Crippen LogP contribution in [0.1, 0.15) is 19.8 Å². The van der Waals surface area contributed by atoms with E-state index in [1.807, 2.05) is 25.1 Å². The Morgan fingerprint density at radius 3 is 2.58 bits per heavy atom. The van der Waals surface area contributed by atoms with Crippen LogP contribution in [0.25, 0.3) is 0 Å². The van der Waals surface area contributed by atoms with Crippen molar-refractivity contribution < 1.29 is 19.4 Å². The van der Waals surface area contributed by atoms with E-state index in [2.05, 4.69) is 4.90 Å². The normalized spacial score (nSPS) is 10.1. The van der Waals surface area contributed by atoms with Crippen LogP contribution in [0, 0.1) is 0 Å². The average Bonchev–Trinajstić information content (AvgIpc) is 2.42. The van der Waals surface area contributed by atoms with Gasteiger partial charge in [0.2, 0.25) is 0 Å². The second-order valence-corrected chi connectivity index (χ2v) is 4.11. The molecule has 5 heteroatoms. The Bertz CT molecular complexity index is 420. The molecule has 0 saturated carbocycles. The standard InChI is InChI=1S/C14H21NO4/c1-4-15(9-5-6-14(16)17)12-8-7-11(18-2)10-13(12)19-3/h7-8,10H,4-6,9H2,1-3H3,(H,16,17). The SMILES string of the molecule is CCN(CCCC(=O)O)c1ccc(OC)cc1OC. The number of hydrogen-bond donors (Lipinski definition) is 1. The fourth-order valence-corrected chi connectivity index (χ4v) is 1.92. The summed E-state index contributed by atoms with van der Waals surface area (Å²) in [6.07, 6.45) is 0.785. The van der Waals surface area contributed by atoms with E-state index in [4.69, 9.17) is 14.6 Å². The molecule has 0 aliphatic rings. The Morgan fingerprint density at radius 2 is 2.05 bits per heavy atom. The van der Waals surface area contributed by atoms with Crippen molar-refractivity contribution in [2.24, 2.45) is 0 Å². The molecule has 5 nitrogen and oxygen atoms in total. The first kappa shape index (κ1) is 15.1. The largest absolute Gasteiger partial charge is 0.497 e. The summed E-state index contributed by atoms with van der Waals surface area (Å²) in [6.45, 7) is 3.51. The summed E-state index contributed by atoms with van der Waals surface area (Å²) < 4.78 is 10.5. The molecule has 19 heavy (non-hydrogen) atoms. The van der Waals surface area contributed by atoms with Gasteiger partial charge in [-0.1, -0.05) is 0 Å². The number of anilines is 1. The van der Waals surface area contributed by atoms with Crippen molar-refractivity contribution in [1.29, 1.82) is 0 Å². The highest BCUT2D eigenvalue weighted by Gasteiger charge is 2.12. The van der Waals surface area contributed by atoms with Gasteiger partial charge in [-0.15, -0.1) is 0 Å². The van der Waals surface area contributed by atoms with E-state index < -0.39 is 5.97 Å². The van der Waals surface area contributed by atoms with Gasteiger partial charge in [0.15, 0.2) is 0 Å². The molecule has 0 aliphatic heterocycles. The highest BCUT2D eigenvalue weighted by molar-refractivity contribution is 5.67. The lowest BCUT2D eigenvalue weighted by atomic mass is 10.2. The van der Waals surface area contributed by atoms with E-state index in [1.54, 1.807) is 14.2 Å². The first-order valence-electron chi connectivity index (χ1n) is 6.31. The summed E-state index contributed by atoms with van der Waals surface area (Å²) in [5.74, 6) is 0.705. The zero-order chi connectivity index (χ0) is 14.3. The van der Waals surface area contributed by atoms with Crippen LogP contribution in [0.15, 0.2) is 18.2 Å². The summed E-state index contributed by atoms with van der Waals surface area (Å²) in [6, 6.07) is 5.63. The Kier molecular flexibility index (Phi) is 5.99. The summed E-state index contributed by atoms with van der Waals surface area (Å²) in [7, 11) is 3.22. The second kappa shape index (κ2) is 7.51. The Hall–Kier alpha value is -1.91. The van der Waals surface area contributed by atoms with Gasteiger partial charge in [0.1, 0.15) is 11.5 Å². The molecular formula is C14H21NO4. The highest BCUT2D eigenvalue weighted by atomic mass is 16.5. The molecule has 0 atom stereocenters. The summed E-state index contributed by atoms with van der Waals surface area (Å²) >= 11 is 0. The molecule has 0 aromatic heterocycles. The van der Waals surface area contributed by atoms with Crippen LogP contribution in [0.2, 0.25) is 0 Å². The molecular weight excluding hydrogens is 246 g/mol. The van der Waals surface area contributed by atoms with Gasteiger partial charge >= 0.3 is 5.97 Å². The van der Waals surface area contributed by atoms with Gasteiger partial charge in [0.25, 0.3) is 0 Å². The molecule has 0 unspecified atom stereocenters. The Labute approximate surface area is 113 Å². The third-order valence-electron chi connectivity index (χ3n) is 2.93. The maximum Gasteiger partial charge on any atom is 0.303 e. The number of hydrogen-bond acceptors (Lipinski definition) is 4. The Balaban J connectivity index is 2.82. The third kappa shape index (κ3) is 4.35. The first-order chi connectivity index (χ1) is 9.12. The minimum atomic E-state index is -0.766. The van der Waals surface area contributed by atoms with E-state index in [0.29, 0.717) is 13.0 Å². The van der Waals surface area contributed by atoms with Crippen LogP contribution in [0.5, 0.6) is 11.5 Å². The molecule has 0 aliphatic carbocycles. The molecule has 0 saturated heterocycles. The molecule has 106 valence electrons. The van der Waals surface area contributed by atoms with Gasteiger partial charge in [0.05, 0.1) is 19.9 Å². The summed E-state index contributed by atoms with van der Waals surface area (Å²) in [4.78, 5) is 12.7. The molecule has 1 aromatic carbocycles. The highest BCUT2D eigenvalue weighted by Crippen LogP contribution is 2.32. The fraction of sp³-hybridized carbons (Fsp3) is 0.500. The number of carboxylic acid groups (broad SMARTS) is 1. The minimum Gasteiger partial charge on any atom is -0.497 e. The van der Waals surface area contributed by atoms with Crippen LogP contribution >= 0.6 is 0 Å². The zero-order valence-electron chi connectivity index (χ0n) is 11.7. The van der Waals surface area contributed by atoms with Gasteiger partial charge in [-0.2, -0.15) is 0 Å². The maximum atomic E-state index is 10.6. The van der Waals surface area contributed by atoms with Crippen molar-refractivity contribution >= 4 is 11.7 Å². The van der Waals surface area contributed by atoms with E-state index in [0.717, 1.165) is 23.7 Å². The van der Waals surface area contributed by atoms with Gasteiger partial charge in [-0.3, -0.25) is 4.79 Å². The smallest absolute Gasteiger partial charge is 0.303 e. The van der Waals surface area contributed by atoms with E-state index in [1.165, 1.54) is 0 Å². The fourth-order valence-electron chi connectivity index (χ4n) is 1.92. The van der Waals surface area contributed by atoms with Crippen molar-refractivity contribution in [2.45, 2.75) is 19.8 Å². The summed E-state index contributed by atoms with van der Waals surface area (Å²) in [5.41, 5.74) is 0.955. The molecule has 1 N–H and O–H groups in total. The average molecular weight is 267 g/mol. The number of benzene rings is 1. The van der Waals surface area contributed by atoms with E-state index in [-0.39, 0.29) is 6.42 Å². The topological polar surface area (TPSA) is 59.0 Å². The van der Waals surface area contributed by atoms with Crippen molar-refractivity contribution in [3.8, 4) is 11.5 Å².